The summed E-state index contributed by atoms with van der Waals surface area (Å²) in [5.41, 5.74) is 1.22. The second kappa shape index (κ2) is 7.11. The van der Waals surface area contributed by atoms with Gasteiger partial charge in [-0.1, -0.05) is 41.7 Å². The lowest BCUT2D eigenvalue weighted by molar-refractivity contribution is 0.0167. The minimum absolute atomic E-state index is 0.115. The summed E-state index contributed by atoms with van der Waals surface area (Å²) < 4.78 is 5.79. The first-order chi connectivity index (χ1) is 10.4. The fraction of sp³-hybridized carbons (Fsp3) is 0.500. The first-order valence-electron chi connectivity index (χ1n) is 7.53. The number of benzene rings is 1. The van der Waals surface area contributed by atoms with E-state index < -0.39 is 0 Å². The van der Waals surface area contributed by atoms with Gasteiger partial charge in [-0.3, -0.25) is 0 Å². The Bertz CT molecular complexity index is 552. The van der Waals surface area contributed by atoms with E-state index in [0.717, 1.165) is 29.5 Å². The van der Waals surface area contributed by atoms with Crippen molar-refractivity contribution in [2.24, 2.45) is 0 Å². The molecule has 1 saturated heterocycles. The highest BCUT2D eigenvalue weighted by atomic mass is 32.1. The van der Waals surface area contributed by atoms with Crippen LogP contribution in [0.2, 0.25) is 0 Å². The number of nitrogens with one attached hydrogen (secondary N) is 1. The van der Waals surface area contributed by atoms with Crippen molar-refractivity contribution in [3.63, 3.8) is 0 Å². The van der Waals surface area contributed by atoms with Gasteiger partial charge in [0.05, 0.1) is 12.1 Å². The molecule has 2 aromatic rings. The first-order valence-corrected chi connectivity index (χ1v) is 8.34. The Morgan fingerprint density at radius 2 is 2.14 bits per heavy atom. The van der Waals surface area contributed by atoms with Gasteiger partial charge in [0.1, 0.15) is 10.0 Å². The normalized spacial score (nSPS) is 20.3. The van der Waals surface area contributed by atoms with Gasteiger partial charge < -0.3 is 10.1 Å². The fourth-order valence-electron chi connectivity index (χ4n) is 2.71. The molecule has 1 aromatic heterocycles. The molecule has 1 aliphatic rings. The molecule has 0 bridgehead atoms. The molecule has 21 heavy (non-hydrogen) atoms. The fourth-order valence-corrected chi connectivity index (χ4v) is 3.75. The maximum absolute atomic E-state index is 5.79. The Labute approximate surface area is 129 Å². The molecule has 1 aromatic carbocycles. The monoisotopic (exact) mass is 303 g/mol. The molecule has 3 rings (SSSR count). The van der Waals surface area contributed by atoms with E-state index in [9.17, 15) is 0 Å². The van der Waals surface area contributed by atoms with Gasteiger partial charge >= 0.3 is 0 Å². The van der Waals surface area contributed by atoms with E-state index in [-0.39, 0.29) is 6.04 Å². The average Bonchev–Trinajstić information content (AvgIpc) is 2.98. The van der Waals surface area contributed by atoms with E-state index >= 15 is 0 Å². The van der Waals surface area contributed by atoms with Crippen molar-refractivity contribution in [3.8, 4) is 0 Å². The first kappa shape index (κ1) is 14.6. The summed E-state index contributed by atoms with van der Waals surface area (Å²) in [7, 11) is 1.96. The maximum Gasteiger partial charge on any atom is 0.139 e. The van der Waals surface area contributed by atoms with Crippen LogP contribution in [0.4, 0.5) is 0 Å². The SMILES string of the molecule is CNC(c1ccccc1)c1nnc(CC2CCCCO2)s1. The molecule has 1 N–H and O–H groups in total. The number of ether oxygens (including phenoxy) is 1. The molecule has 0 aliphatic carbocycles. The molecule has 0 radical (unpaired) electrons. The van der Waals surface area contributed by atoms with Gasteiger partial charge in [-0.15, -0.1) is 10.2 Å². The molecule has 2 unspecified atom stereocenters. The summed E-state index contributed by atoms with van der Waals surface area (Å²) in [4.78, 5) is 0. The lowest BCUT2D eigenvalue weighted by Gasteiger charge is -2.21. The lowest BCUT2D eigenvalue weighted by Crippen LogP contribution is -2.21. The van der Waals surface area contributed by atoms with Crippen LogP contribution in [-0.4, -0.2) is 30.0 Å². The molecular weight excluding hydrogens is 282 g/mol. The summed E-state index contributed by atoms with van der Waals surface area (Å²) in [6.45, 7) is 0.888. The highest BCUT2D eigenvalue weighted by Crippen LogP contribution is 2.26. The van der Waals surface area contributed by atoms with Crippen molar-refractivity contribution < 1.29 is 4.74 Å². The summed E-state index contributed by atoms with van der Waals surface area (Å²) in [5, 5.41) is 14.2. The Balaban J connectivity index is 1.71. The van der Waals surface area contributed by atoms with Crippen LogP contribution in [0.5, 0.6) is 0 Å². The third-order valence-electron chi connectivity index (χ3n) is 3.83. The zero-order chi connectivity index (χ0) is 14.5. The number of rotatable bonds is 5. The molecular formula is C16H21N3OS. The zero-order valence-electron chi connectivity index (χ0n) is 12.3. The second-order valence-corrected chi connectivity index (χ2v) is 6.45. The molecule has 0 amide bonds. The van der Waals surface area contributed by atoms with Gasteiger partial charge in [-0.2, -0.15) is 0 Å². The van der Waals surface area contributed by atoms with Gasteiger partial charge in [0, 0.05) is 13.0 Å². The Morgan fingerprint density at radius 1 is 1.29 bits per heavy atom. The molecule has 2 atom stereocenters. The highest BCUT2D eigenvalue weighted by Gasteiger charge is 2.20. The van der Waals surface area contributed by atoms with E-state index in [1.54, 1.807) is 11.3 Å². The lowest BCUT2D eigenvalue weighted by atomic mass is 10.1. The molecule has 0 spiro atoms. The third kappa shape index (κ3) is 3.67. The summed E-state index contributed by atoms with van der Waals surface area (Å²) >= 11 is 1.69. The minimum atomic E-state index is 0.115. The smallest absolute Gasteiger partial charge is 0.139 e. The van der Waals surface area contributed by atoms with Crippen molar-refractivity contribution in [1.82, 2.24) is 15.5 Å². The van der Waals surface area contributed by atoms with Crippen molar-refractivity contribution in [2.75, 3.05) is 13.7 Å². The largest absolute Gasteiger partial charge is 0.378 e. The quantitative estimate of drug-likeness (QED) is 0.922. The predicted molar refractivity (Wildman–Crippen MR) is 84.5 cm³/mol. The minimum Gasteiger partial charge on any atom is -0.378 e. The Kier molecular flexibility index (Phi) is 4.95. The topological polar surface area (TPSA) is 47.0 Å². The predicted octanol–water partition coefficient (Wildman–Crippen LogP) is 2.96. The van der Waals surface area contributed by atoms with Gasteiger partial charge in [-0.25, -0.2) is 0 Å². The van der Waals surface area contributed by atoms with Crippen LogP contribution >= 0.6 is 11.3 Å². The second-order valence-electron chi connectivity index (χ2n) is 5.36. The standard InChI is InChI=1S/C16H21N3OS/c1-17-15(12-7-3-2-4-8-12)16-19-18-14(21-16)11-13-9-5-6-10-20-13/h2-4,7-8,13,15,17H,5-6,9-11H2,1H3. The summed E-state index contributed by atoms with van der Waals surface area (Å²) in [5.74, 6) is 0. The number of hydrogen-bond acceptors (Lipinski definition) is 5. The molecule has 1 fully saturated rings. The van der Waals surface area contributed by atoms with Crippen LogP contribution in [0, 0.1) is 0 Å². The molecule has 2 heterocycles. The third-order valence-corrected chi connectivity index (χ3v) is 4.84. The van der Waals surface area contributed by atoms with Gasteiger partial charge in [-0.05, 0) is 31.9 Å². The van der Waals surface area contributed by atoms with Crippen molar-refractivity contribution >= 4 is 11.3 Å². The summed E-state index contributed by atoms with van der Waals surface area (Å²) in [6, 6.07) is 10.5. The zero-order valence-corrected chi connectivity index (χ0v) is 13.1. The number of hydrogen-bond donors (Lipinski definition) is 1. The highest BCUT2D eigenvalue weighted by molar-refractivity contribution is 7.11. The van der Waals surface area contributed by atoms with Crippen LogP contribution in [0.1, 0.15) is 40.9 Å². The average molecular weight is 303 g/mol. The molecule has 5 heteroatoms. The van der Waals surface area contributed by atoms with E-state index in [4.69, 9.17) is 4.74 Å². The van der Waals surface area contributed by atoms with Gasteiger partial charge in [0.25, 0.3) is 0 Å². The Morgan fingerprint density at radius 3 is 2.86 bits per heavy atom. The Hall–Kier alpha value is -1.30. The van der Waals surface area contributed by atoms with Gasteiger partial charge in [0.15, 0.2) is 0 Å². The maximum atomic E-state index is 5.79. The summed E-state index contributed by atoms with van der Waals surface area (Å²) in [6.07, 6.45) is 4.81. The molecule has 0 saturated carbocycles. The number of aromatic nitrogens is 2. The molecule has 112 valence electrons. The van der Waals surface area contributed by atoms with E-state index in [2.05, 4.69) is 39.8 Å². The van der Waals surface area contributed by atoms with Crippen molar-refractivity contribution in [3.05, 3.63) is 45.9 Å². The van der Waals surface area contributed by atoms with E-state index in [1.165, 1.54) is 18.4 Å². The van der Waals surface area contributed by atoms with Crippen LogP contribution in [-0.2, 0) is 11.2 Å². The molecule has 4 nitrogen and oxygen atoms in total. The van der Waals surface area contributed by atoms with Crippen LogP contribution in [0.3, 0.4) is 0 Å². The van der Waals surface area contributed by atoms with Crippen molar-refractivity contribution in [1.29, 1.82) is 0 Å². The van der Waals surface area contributed by atoms with Crippen LogP contribution < -0.4 is 5.32 Å². The van der Waals surface area contributed by atoms with E-state index in [0.29, 0.717) is 6.10 Å². The molecule has 1 aliphatic heterocycles. The van der Waals surface area contributed by atoms with Crippen LogP contribution in [0.25, 0.3) is 0 Å². The number of nitrogens with zero attached hydrogens (tertiary/aromatic N) is 2. The van der Waals surface area contributed by atoms with Crippen LogP contribution in [0.15, 0.2) is 30.3 Å². The van der Waals surface area contributed by atoms with E-state index in [1.807, 2.05) is 13.1 Å². The van der Waals surface area contributed by atoms with Crippen molar-refractivity contribution in [2.45, 2.75) is 37.8 Å². The van der Waals surface area contributed by atoms with Gasteiger partial charge in [0.2, 0.25) is 0 Å².